The van der Waals surface area contributed by atoms with Crippen LogP contribution in [-0.4, -0.2) is 16.5 Å². The minimum atomic E-state index is -0.566. The molecule has 0 bridgehead atoms. The molecule has 2 aromatic rings. The van der Waals surface area contributed by atoms with Crippen LogP contribution in [0.25, 0.3) is 5.69 Å². The van der Waals surface area contributed by atoms with Crippen LogP contribution in [-0.2, 0) is 9.59 Å². The molecule has 0 spiro atoms. The van der Waals surface area contributed by atoms with Gasteiger partial charge in [0.1, 0.15) is 0 Å². The number of nitrogens with zero attached hydrogens (tertiary/aromatic N) is 1. The second-order valence-electron chi connectivity index (χ2n) is 4.41. The van der Waals surface area contributed by atoms with Crippen LogP contribution < -0.4 is 15.0 Å². The fraction of sp³-hybridized carbons (Fsp3) is 0.133. The summed E-state index contributed by atoms with van der Waals surface area (Å²) in [5, 5.41) is 0. The van der Waals surface area contributed by atoms with Gasteiger partial charge in [-0.25, -0.2) is 0 Å². The molecule has 6 nitrogen and oxygen atoms in total. The first kappa shape index (κ1) is 15.8. The van der Waals surface area contributed by atoms with Gasteiger partial charge in [-0.3, -0.25) is 19.0 Å². The lowest BCUT2D eigenvalue weighted by Crippen LogP contribution is -2.16. The molecule has 0 saturated heterocycles. The summed E-state index contributed by atoms with van der Waals surface area (Å²) in [6, 6.07) is 7.48. The van der Waals surface area contributed by atoms with Gasteiger partial charge in [0.05, 0.1) is 5.69 Å². The Morgan fingerprint density at radius 1 is 1.00 bits per heavy atom. The van der Waals surface area contributed by atoms with Gasteiger partial charge in [0.2, 0.25) is 0 Å². The van der Waals surface area contributed by atoms with Crippen molar-refractivity contribution in [3.05, 3.63) is 46.9 Å². The van der Waals surface area contributed by atoms with Crippen molar-refractivity contribution in [1.29, 1.82) is 0 Å². The van der Waals surface area contributed by atoms with E-state index in [1.807, 2.05) is 0 Å². The summed E-state index contributed by atoms with van der Waals surface area (Å²) in [4.78, 5) is 34.7. The average Bonchev–Trinajstić information content (AvgIpc) is 2.40. The molecule has 2 rings (SSSR count). The fourth-order valence-electron chi connectivity index (χ4n) is 1.80. The van der Waals surface area contributed by atoms with Gasteiger partial charge in [0.15, 0.2) is 11.5 Å². The van der Waals surface area contributed by atoms with Crippen molar-refractivity contribution in [2.45, 2.75) is 18.7 Å². The van der Waals surface area contributed by atoms with Crippen LogP contribution in [0.3, 0.4) is 0 Å². The van der Waals surface area contributed by atoms with Gasteiger partial charge in [-0.1, -0.05) is 0 Å². The first-order valence-electron chi connectivity index (χ1n) is 6.30. The highest BCUT2D eigenvalue weighted by molar-refractivity contribution is 7.80. The van der Waals surface area contributed by atoms with Gasteiger partial charge in [0, 0.05) is 37.1 Å². The number of hydrogen-bond acceptors (Lipinski definition) is 6. The highest BCUT2D eigenvalue weighted by Gasteiger charge is 2.12. The predicted molar refractivity (Wildman–Crippen MR) is 81.9 cm³/mol. The molecule has 1 heterocycles. The van der Waals surface area contributed by atoms with E-state index in [2.05, 4.69) is 12.6 Å². The van der Waals surface area contributed by atoms with Crippen molar-refractivity contribution in [3.63, 3.8) is 0 Å². The van der Waals surface area contributed by atoms with Crippen LogP contribution in [0.15, 0.2) is 46.2 Å². The number of aromatic nitrogens is 1. The molecule has 0 aliphatic carbocycles. The number of rotatable bonds is 3. The maximum atomic E-state index is 12.0. The Labute approximate surface area is 131 Å². The maximum absolute atomic E-state index is 12.0. The quantitative estimate of drug-likeness (QED) is 0.532. The minimum Gasteiger partial charge on any atom is -0.423 e. The van der Waals surface area contributed by atoms with Crippen LogP contribution >= 0.6 is 12.6 Å². The molecule has 0 atom stereocenters. The monoisotopic (exact) mass is 319 g/mol. The van der Waals surface area contributed by atoms with Crippen molar-refractivity contribution in [1.82, 2.24) is 4.57 Å². The Hall–Kier alpha value is -2.54. The van der Waals surface area contributed by atoms with Crippen molar-refractivity contribution in [2.24, 2.45) is 0 Å². The molecule has 1 aromatic heterocycles. The topological polar surface area (TPSA) is 74.6 Å². The van der Waals surface area contributed by atoms with Gasteiger partial charge in [0.25, 0.3) is 5.56 Å². The van der Waals surface area contributed by atoms with E-state index in [1.54, 1.807) is 18.3 Å². The Morgan fingerprint density at radius 3 is 2.23 bits per heavy atom. The standard InChI is InChI=1S/C15H13NO5S/c1-9(17)20-13-4-3-11(7-14(13)21-10(2)18)16-6-5-12(22)8-15(16)19/h3-8,22H,1-2H3. The molecule has 114 valence electrons. The Kier molecular flexibility index (Phi) is 4.67. The normalized spacial score (nSPS) is 10.1. The number of esters is 2. The lowest BCUT2D eigenvalue weighted by atomic mass is 10.2. The summed E-state index contributed by atoms with van der Waals surface area (Å²) in [6.45, 7) is 2.47. The zero-order valence-electron chi connectivity index (χ0n) is 11.9. The van der Waals surface area contributed by atoms with Crippen LogP contribution in [0, 0.1) is 0 Å². The number of benzene rings is 1. The van der Waals surface area contributed by atoms with E-state index < -0.39 is 11.9 Å². The van der Waals surface area contributed by atoms with E-state index in [0.29, 0.717) is 10.6 Å². The lowest BCUT2D eigenvalue weighted by molar-refractivity contribution is -0.134. The molecule has 0 N–H and O–H groups in total. The van der Waals surface area contributed by atoms with E-state index in [0.717, 1.165) is 0 Å². The summed E-state index contributed by atoms with van der Waals surface area (Å²) in [7, 11) is 0. The molecule has 0 saturated carbocycles. The zero-order chi connectivity index (χ0) is 16.3. The highest BCUT2D eigenvalue weighted by Crippen LogP contribution is 2.30. The van der Waals surface area contributed by atoms with Gasteiger partial charge < -0.3 is 9.47 Å². The maximum Gasteiger partial charge on any atom is 0.308 e. The summed E-state index contributed by atoms with van der Waals surface area (Å²) >= 11 is 4.09. The van der Waals surface area contributed by atoms with Gasteiger partial charge in [-0.15, -0.1) is 12.6 Å². The van der Waals surface area contributed by atoms with Gasteiger partial charge in [-0.05, 0) is 18.2 Å². The molecule has 22 heavy (non-hydrogen) atoms. The number of ether oxygens (including phenoxy) is 2. The van der Waals surface area contributed by atoms with Crippen LogP contribution in [0.5, 0.6) is 11.5 Å². The van der Waals surface area contributed by atoms with Crippen molar-refractivity contribution in [3.8, 4) is 17.2 Å². The van der Waals surface area contributed by atoms with E-state index >= 15 is 0 Å². The van der Waals surface area contributed by atoms with Gasteiger partial charge in [-0.2, -0.15) is 0 Å². The van der Waals surface area contributed by atoms with Crippen molar-refractivity contribution in [2.75, 3.05) is 0 Å². The van der Waals surface area contributed by atoms with E-state index in [4.69, 9.17) is 9.47 Å². The predicted octanol–water partition coefficient (Wildman–Crippen LogP) is 1.98. The second-order valence-corrected chi connectivity index (χ2v) is 4.93. The van der Waals surface area contributed by atoms with Gasteiger partial charge >= 0.3 is 11.9 Å². The first-order valence-corrected chi connectivity index (χ1v) is 6.74. The second kappa shape index (κ2) is 6.48. The van der Waals surface area contributed by atoms with Crippen molar-refractivity contribution < 1.29 is 19.1 Å². The highest BCUT2D eigenvalue weighted by atomic mass is 32.1. The Bertz CT molecular complexity index is 797. The Balaban J connectivity index is 2.52. The molecule has 0 unspecified atom stereocenters. The number of thiol groups is 1. The molecule has 1 aromatic carbocycles. The molecule has 0 fully saturated rings. The van der Waals surface area contributed by atoms with E-state index in [1.165, 1.54) is 36.6 Å². The smallest absolute Gasteiger partial charge is 0.308 e. The lowest BCUT2D eigenvalue weighted by Gasteiger charge is -2.12. The Morgan fingerprint density at radius 2 is 1.64 bits per heavy atom. The average molecular weight is 319 g/mol. The number of carbonyl (C=O) groups is 2. The molecule has 0 aliphatic heterocycles. The third kappa shape index (κ3) is 3.76. The molecule has 0 aliphatic rings. The third-order valence-corrected chi connectivity index (χ3v) is 2.89. The van der Waals surface area contributed by atoms with Crippen LogP contribution in [0.4, 0.5) is 0 Å². The fourth-order valence-corrected chi connectivity index (χ4v) is 1.98. The van der Waals surface area contributed by atoms with E-state index in [9.17, 15) is 14.4 Å². The van der Waals surface area contributed by atoms with Crippen molar-refractivity contribution >= 4 is 24.6 Å². The summed E-state index contributed by atoms with van der Waals surface area (Å²) in [5.41, 5.74) is 0.173. The molecular formula is C15H13NO5S. The number of carbonyl (C=O) groups excluding carboxylic acids is 2. The molecular weight excluding hydrogens is 306 g/mol. The summed E-state index contributed by atoms with van der Waals surface area (Å²) in [6.07, 6.45) is 1.54. The third-order valence-electron chi connectivity index (χ3n) is 2.62. The zero-order valence-corrected chi connectivity index (χ0v) is 12.8. The van der Waals surface area contributed by atoms with E-state index in [-0.39, 0.29) is 17.1 Å². The SMILES string of the molecule is CC(=O)Oc1ccc(-n2ccc(S)cc2=O)cc1OC(C)=O. The number of hydrogen-bond donors (Lipinski definition) is 1. The first-order chi connectivity index (χ1) is 10.4. The molecule has 0 amide bonds. The summed E-state index contributed by atoms with van der Waals surface area (Å²) < 4.78 is 11.3. The minimum absolute atomic E-state index is 0.0575. The van der Waals surface area contributed by atoms with Crippen LogP contribution in [0.2, 0.25) is 0 Å². The largest absolute Gasteiger partial charge is 0.423 e. The summed E-state index contributed by atoms with van der Waals surface area (Å²) in [5.74, 6) is -0.950. The molecule has 0 radical (unpaired) electrons. The number of pyridine rings is 1. The van der Waals surface area contributed by atoms with Crippen LogP contribution in [0.1, 0.15) is 13.8 Å². The molecule has 7 heteroatoms.